The summed E-state index contributed by atoms with van der Waals surface area (Å²) in [6.07, 6.45) is 2.31. The molecule has 1 aromatic rings. The smallest absolute Gasteiger partial charge is 0.347 e. The third kappa shape index (κ3) is 10.7. The zero-order valence-corrected chi connectivity index (χ0v) is 36.3. The molecule has 12 heteroatoms. The van der Waals surface area contributed by atoms with Gasteiger partial charge in [0.1, 0.15) is 16.8 Å². The molecule has 0 aliphatic carbocycles. The van der Waals surface area contributed by atoms with Gasteiger partial charge in [-0.25, -0.2) is 19.2 Å². The molecule has 4 rings (SSSR count). The van der Waals surface area contributed by atoms with Crippen molar-refractivity contribution in [3.05, 3.63) is 59.7 Å². The Kier molecular flexibility index (Phi) is 14.0. The minimum atomic E-state index is -3.33. The normalized spacial score (nSPS) is 30.1. The molecule has 1 spiro atoms. The fraction of sp³-hybridized carbons (Fsp3) is 0.689. The molecule has 3 aliphatic heterocycles. The van der Waals surface area contributed by atoms with E-state index in [-0.39, 0.29) is 24.9 Å². The number of allylic oxidation sites excluding steroid dienone is 2. The van der Waals surface area contributed by atoms with Gasteiger partial charge in [0, 0.05) is 12.5 Å². The van der Waals surface area contributed by atoms with Crippen molar-refractivity contribution in [3.63, 3.8) is 0 Å². The molecule has 3 aliphatic rings. The summed E-state index contributed by atoms with van der Waals surface area (Å²) in [5, 5.41) is 13.1. The predicted molar refractivity (Wildman–Crippen MR) is 213 cm³/mol. The second-order valence-electron chi connectivity index (χ2n) is 19.1. The number of hydrogen-bond acceptors (Lipinski definition) is 12. The van der Waals surface area contributed by atoms with E-state index in [9.17, 15) is 24.3 Å². The highest BCUT2D eigenvalue weighted by atomic mass is 16.8. The van der Waals surface area contributed by atoms with Crippen LogP contribution in [0.2, 0.25) is 0 Å². The lowest BCUT2D eigenvalue weighted by atomic mass is 9.74. The molecule has 0 aromatic heterocycles. The van der Waals surface area contributed by atoms with Gasteiger partial charge in [-0.2, -0.15) is 0 Å². The molecule has 9 atom stereocenters. The van der Waals surface area contributed by atoms with Gasteiger partial charge in [0.2, 0.25) is 17.5 Å². The van der Waals surface area contributed by atoms with Gasteiger partial charge in [0.05, 0.1) is 6.61 Å². The van der Waals surface area contributed by atoms with E-state index in [1.54, 1.807) is 68.4 Å². The fourth-order valence-corrected chi connectivity index (χ4v) is 7.63. The Balaban J connectivity index is 1.93. The molecule has 3 fully saturated rings. The van der Waals surface area contributed by atoms with Crippen LogP contribution in [0.4, 0.5) is 0 Å². The minimum Gasteiger partial charge on any atom is -0.458 e. The topological polar surface area (TPSA) is 153 Å². The third-order valence-electron chi connectivity index (χ3n) is 10.2. The highest BCUT2D eigenvalue weighted by molar-refractivity contribution is 6.00. The molecule has 1 aromatic carbocycles. The number of carbonyl (C=O) groups is 4. The lowest BCUT2D eigenvalue weighted by Gasteiger charge is -2.51. The minimum absolute atomic E-state index is 0.000461. The van der Waals surface area contributed by atoms with Crippen LogP contribution in [0.25, 0.3) is 0 Å². The molecule has 3 heterocycles. The quantitative estimate of drug-likeness (QED) is 0.0991. The van der Waals surface area contributed by atoms with Crippen LogP contribution < -0.4 is 0 Å². The maximum Gasteiger partial charge on any atom is 0.347 e. The average molecular weight is 799 g/mol. The summed E-state index contributed by atoms with van der Waals surface area (Å²) in [7, 11) is 0. The summed E-state index contributed by atoms with van der Waals surface area (Å²) in [5.41, 5.74) is -7.82. The van der Waals surface area contributed by atoms with Gasteiger partial charge in [-0.3, -0.25) is 0 Å². The van der Waals surface area contributed by atoms with Crippen LogP contribution in [0.3, 0.4) is 0 Å². The summed E-state index contributed by atoms with van der Waals surface area (Å²) in [5.74, 6) is -6.33. The van der Waals surface area contributed by atoms with E-state index in [1.807, 2.05) is 25.1 Å². The number of benzene rings is 1. The molecular weight excluding hydrogens is 732 g/mol. The molecule has 318 valence electrons. The Labute approximate surface area is 339 Å². The molecule has 2 bridgehead atoms. The van der Waals surface area contributed by atoms with E-state index in [4.69, 9.17) is 33.2 Å². The average Bonchev–Trinajstić information content (AvgIpc) is 3.18. The van der Waals surface area contributed by atoms with Crippen LogP contribution >= 0.6 is 0 Å². The summed E-state index contributed by atoms with van der Waals surface area (Å²) in [6, 6.07) is 10.1. The van der Waals surface area contributed by atoms with Crippen LogP contribution in [0.1, 0.15) is 121 Å². The van der Waals surface area contributed by atoms with E-state index in [2.05, 4.69) is 39.0 Å². The maximum atomic E-state index is 15.0. The molecular formula is C45H66O12. The van der Waals surface area contributed by atoms with Gasteiger partial charge in [-0.1, -0.05) is 76.6 Å². The molecule has 0 amide bonds. The fourth-order valence-electron chi connectivity index (χ4n) is 7.63. The third-order valence-corrected chi connectivity index (χ3v) is 10.2. The molecule has 57 heavy (non-hydrogen) atoms. The summed E-state index contributed by atoms with van der Waals surface area (Å²) < 4.78 is 43.3. The van der Waals surface area contributed by atoms with Crippen molar-refractivity contribution < 1.29 is 57.4 Å². The first-order valence-corrected chi connectivity index (χ1v) is 20.3. The van der Waals surface area contributed by atoms with Crippen molar-refractivity contribution in [3.8, 4) is 0 Å². The first kappa shape index (κ1) is 46.1. The highest BCUT2D eigenvalue weighted by Gasteiger charge is 2.87. The zero-order chi connectivity index (χ0) is 42.8. The molecule has 3 saturated heterocycles. The van der Waals surface area contributed by atoms with Gasteiger partial charge in [-0.05, 0) is 110 Å². The number of hydrogen-bond donors (Lipinski definition) is 1. The second kappa shape index (κ2) is 17.3. The Morgan fingerprint density at radius 2 is 1.47 bits per heavy atom. The van der Waals surface area contributed by atoms with Gasteiger partial charge in [-0.15, -0.1) is 0 Å². The van der Waals surface area contributed by atoms with Crippen LogP contribution in [-0.2, 0) is 58.8 Å². The SMILES string of the molecule is CC[C@H](C)C[C@H](C)/C=C/C(=O)O[C@@H]1[C@H]2OC/C(=C/[C@H](C)Cc3ccccc3)CC[C@@]23O[C@H](C(=O)OC(C)(C)C)[C@@](O)(C(=O)OC(C)(C)C)[C@]1(C(=O)OC(C)(C)C)O3. The van der Waals surface area contributed by atoms with E-state index in [0.29, 0.717) is 12.3 Å². The largest absolute Gasteiger partial charge is 0.458 e. The monoisotopic (exact) mass is 798 g/mol. The van der Waals surface area contributed by atoms with Crippen molar-refractivity contribution in [2.24, 2.45) is 17.8 Å². The number of rotatable bonds is 12. The number of carbonyl (C=O) groups excluding carboxylic acids is 4. The van der Waals surface area contributed by atoms with E-state index in [1.165, 1.54) is 6.08 Å². The van der Waals surface area contributed by atoms with E-state index < -0.39 is 76.0 Å². The summed E-state index contributed by atoms with van der Waals surface area (Å²) >= 11 is 0. The van der Waals surface area contributed by atoms with Crippen molar-refractivity contribution in [1.82, 2.24) is 0 Å². The molecule has 0 radical (unpaired) electrons. The standard InChI is InChI=1S/C45H66O12/c1-14-28(2)24-29(3)20-21-33(46)52-35-34-43(23-22-32(27-51-34)26-30(4)25-31-18-16-15-17-19-31)53-36(37(47)54-40(5,6)7)44(50,38(48)55-41(8,9)10)45(35,57-43)39(49)56-42(11,12)13/h15-21,26,28-30,34-36,50H,14,22-25,27H2,1-13H3/b21-20+,32-26+/t28-,29+,30+,34+,35+,36+,43-,44+,45-/m0/s1. The molecule has 1 N–H and O–H groups in total. The first-order valence-electron chi connectivity index (χ1n) is 20.3. The Morgan fingerprint density at radius 3 is 2.05 bits per heavy atom. The Bertz CT molecular complexity index is 1660. The molecule has 0 unspecified atom stereocenters. The maximum absolute atomic E-state index is 15.0. The summed E-state index contributed by atoms with van der Waals surface area (Å²) in [6.45, 7) is 22.5. The molecule has 12 nitrogen and oxygen atoms in total. The van der Waals surface area contributed by atoms with Crippen molar-refractivity contribution in [2.45, 2.75) is 174 Å². The lowest BCUT2D eigenvalue weighted by molar-refractivity contribution is -0.378. The number of ether oxygens (including phenoxy) is 7. The van der Waals surface area contributed by atoms with E-state index in [0.717, 1.165) is 30.4 Å². The van der Waals surface area contributed by atoms with Gasteiger partial charge in [0.15, 0.2) is 12.2 Å². The highest BCUT2D eigenvalue weighted by Crippen LogP contribution is 2.58. The van der Waals surface area contributed by atoms with Crippen molar-refractivity contribution in [1.29, 1.82) is 0 Å². The second-order valence-corrected chi connectivity index (χ2v) is 19.1. The summed E-state index contributed by atoms with van der Waals surface area (Å²) in [4.78, 5) is 57.8. The van der Waals surface area contributed by atoms with Crippen molar-refractivity contribution >= 4 is 23.9 Å². The van der Waals surface area contributed by atoms with Crippen LogP contribution in [-0.4, -0.2) is 87.7 Å². The predicted octanol–water partition coefficient (Wildman–Crippen LogP) is 7.13. The number of fused-ring (bicyclic) bond motifs is 1. The zero-order valence-electron chi connectivity index (χ0n) is 36.3. The Morgan fingerprint density at radius 1 is 0.877 bits per heavy atom. The van der Waals surface area contributed by atoms with Gasteiger partial charge < -0.3 is 38.3 Å². The van der Waals surface area contributed by atoms with Gasteiger partial charge >= 0.3 is 23.9 Å². The van der Waals surface area contributed by atoms with Crippen molar-refractivity contribution in [2.75, 3.05) is 6.61 Å². The lowest BCUT2D eigenvalue weighted by Crippen LogP contribution is -2.79. The van der Waals surface area contributed by atoms with Crippen LogP contribution in [0, 0.1) is 17.8 Å². The van der Waals surface area contributed by atoms with E-state index >= 15 is 0 Å². The Hall–Kier alpha value is -3.58. The number of aliphatic hydroxyl groups is 1. The molecule has 0 saturated carbocycles. The first-order chi connectivity index (χ1) is 26.2. The van der Waals surface area contributed by atoms with Crippen LogP contribution in [0.5, 0.6) is 0 Å². The number of esters is 4. The van der Waals surface area contributed by atoms with Gasteiger partial charge in [0.25, 0.3) is 5.60 Å². The van der Waals surface area contributed by atoms with Crippen LogP contribution in [0.15, 0.2) is 54.1 Å².